The molecule has 0 aromatic heterocycles. The molecule has 1 N–H and O–H groups in total. The summed E-state index contributed by atoms with van der Waals surface area (Å²) in [5.74, 6) is -0.617. The molecule has 1 aliphatic heterocycles. The Morgan fingerprint density at radius 3 is 2.38 bits per heavy atom. The number of hydrogen-bond acceptors (Lipinski definition) is 3. The van der Waals surface area contributed by atoms with Crippen molar-refractivity contribution in [1.29, 1.82) is 0 Å². The normalized spacial score (nSPS) is 23.9. The van der Waals surface area contributed by atoms with E-state index < -0.39 is 17.6 Å². The molecule has 1 saturated heterocycles. The van der Waals surface area contributed by atoms with E-state index in [9.17, 15) is 22.4 Å². The summed E-state index contributed by atoms with van der Waals surface area (Å²) in [6, 6.07) is 9.46. The maximum atomic E-state index is 13.6. The third-order valence-electron chi connectivity index (χ3n) is 6.74. The Balaban J connectivity index is 1.41. The second kappa shape index (κ2) is 8.48. The molecule has 1 saturated carbocycles. The molecule has 2 aliphatic rings. The van der Waals surface area contributed by atoms with Crippen LogP contribution in [-0.4, -0.2) is 61.5 Å². The Kier molecular flexibility index (Phi) is 6.02. The van der Waals surface area contributed by atoms with Crippen molar-refractivity contribution < 1.29 is 22.4 Å². The van der Waals surface area contributed by atoms with Crippen molar-refractivity contribution in [3.63, 3.8) is 0 Å². The zero-order valence-electron chi connectivity index (χ0n) is 18.2. The number of nitrogens with zero attached hydrogens (tertiary/aromatic N) is 2. The first-order valence-corrected chi connectivity index (χ1v) is 10.8. The van der Waals surface area contributed by atoms with Gasteiger partial charge in [0.25, 0.3) is 0 Å². The Labute approximate surface area is 185 Å². The van der Waals surface area contributed by atoms with Gasteiger partial charge in [-0.15, -0.1) is 0 Å². The van der Waals surface area contributed by atoms with E-state index in [0.29, 0.717) is 5.56 Å². The lowest BCUT2D eigenvalue weighted by Crippen LogP contribution is -2.49. The van der Waals surface area contributed by atoms with Gasteiger partial charge in [-0.05, 0) is 48.4 Å². The number of piperazine rings is 1. The lowest BCUT2D eigenvalue weighted by Gasteiger charge is -2.32. The lowest BCUT2D eigenvalue weighted by molar-refractivity contribution is -0.137. The minimum absolute atomic E-state index is 0.0912. The Bertz CT molecular complexity index is 984. The van der Waals surface area contributed by atoms with Gasteiger partial charge >= 0.3 is 6.18 Å². The molecule has 4 rings (SSSR count). The van der Waals surface area contributed by atoms with Crippen molar-refractivity contribution in [2.24, 2.45) is 0 Å². The molecule has 2 atom stereocenters. The second-order valence-electron chi connectivity index (χ2n) is 9.00. The van der Waals surface area contributed by atoms with Crippen LogP contribution in [0.15, 0.2) is 42.5 Å². The number of carbonyl (C=O) groups is 1. The Hall–Kier alpha value is -2.45. The maximum absolute atomic E-state index is 13.6. The van der Waals surface area contributed by atoms with E-state index in [1.165, 1.54) is 0 Å². The lowest BCUT2D eigenvalue weighted by atomic mass is 9.93. The maximum Gasteiger partial charge on any atom is 0.417 e. The quantitative estimate of drug-likeness (QED) is 0.704. The van der Waals surface area contributed by atoms with Gasteiger partial charge in [-0.1, -0.05) is 31.2 Å². The minimum Gasteiger partial charge on any atom is -0.339 e. The minimum atomic E-state index is -4.56. The highest BCUT2D eigenvalue weighted by Crippen LogP contribution is 2.48. The number of halogens is 4. The van der Waals surface area contributed by atoms with Gasteiger partial charge in [0.2, 0.25) is 5.91 Å². The zero-order chi connectivity index (χ0) is 23.1. The molecule has 2 fully saturated rings. The number of benzene rings is 2. The smallest absolute Gasteiger partial charge is 0.339 e. The number of amides is 1. The summed E-state index contributed by atoms with van der Waals surface area (Å²) < 4.78 is 53.7. The number of hydrogen-bond donors (Lipinski definition) is 1. The molecule has 8 heteroatoms. The first-order chi connectivity index (χ1) is 15.1. The van der Waals surface area contributed by atoms with E-state index in [-0.39, 0.29) is 29.5 Å². The molecule has 0 spiro atoms. The van der Waals surface area contributed by atoms with E-state index in [0.717, 1.165) is 56.4 Å². The van der Waals surface area contributed by atoms with E-state index in [4.69, 9.17) is 0 Å². The van der Waals surface area contributed by atoms with Crippen LogP contribution in [0.2, 0.25) is 0 Å². The van der Waals surface area contributed by atoms with Crippen LogP contribution in [0.5, 0.6) is 0 Å². The topological polar surface area (TPSA) is 35.6 Å². The molecule has 2 aromatic carbocycles. The monoisotopic (exact) mass is 449 g/mol. The second-order valence-corrected chi connectivity index (χ2v) is 9.00. The number of rotatable bonds is 5. The van der Waals surface area contributed by atoms with Crippen molar-refractivity contribution >= 4 is 5.91 Å². The number of likely N-dealkylation sites (N-methyl/N-ethyl adjacent to an activating group) is 1. The van der Waals surface area contributed by atoms with Crippen molar-refractivity contribution in [1.82, 2.24) is 15.1 Å². The fourth-order valence-corrected chi connectivity index (χ4v) is 4.39. The highest BCUT2D eigenvalue weighted by molar-refractivity contribution is 5.78. The highest BCUT2D eigenvalue weighted by Gasteiger charge is 2.51. The van der Waals surface area contributed by atoms with Gasteiger partial charge in [-0.3, -0.25) is 4.79 Å². The van der Waals surface area contributed by atoms with Crippen LogP contribution in [0.25, 0.3) is 11.1 Å². The molecule has 32 heavy (non-hydrogen) atoms. The summed E-state index contributed by atoms with van der Waals surface area (Å²) in [6.45, 7) is 5.58. The van der Waals surface area contributed by atoms with Gasteiger partial charge in [-0.25, -0.2) is 4.39 Å². The van der Waals surface area contributed by atoms with Crippen LogP contribution in [0.4, 0.5) is 17.6 Å². The highest BCUT2D eigenvalue weighted by atomic mass is 19.4. The fraction of sp³-hybridized carbons (Fsp3) is 0.458. The van der Waals surface area contributed by atoms with E-state index in [1.54, 1.807) is 24.3 Å². The molecule has 1 heterocycles. The van der Waals surface area contributed by atoms with Gasteiger partial charge in [0.15, 0.2) is 0 Å². The molecule has 0 radical (unpaired) electrons. The van der Waals surface area contributed by atoms with Gasteiger partial charge in [0, 0.05) is 37.6 Å². The van der Waals surface area contributed by atoms with Gasteiger partial charge in [-0.2, -0.15) is 13.2 Å². The first kappa shape index (κ1) is 22.7. The van der Waals surface area contributed by atoms with Gasteiger partial charge in [0.05, 0.1) is 12.1 Å². The van der Waals surface area contributed by atoms with E-state index >= 15 is 0 Å². The number of alkyl halides is 3. The summed E-state index contributed by atoms with van der Waals surface area (Å²) in [6.07, 6.45) is -3.72. The molecule has 1 aliphatic carbocycles. The van der Waals surface area contributed by atoms with E-state index in [2.05, 4.69) is 17.1 Å². The molecule has 0 bridgehead atoms. The molecule has 1 unspecified atom stereocenters. The standard InChI is InChI=1S/C24H27F4N3O/c1-23(14-21(23)29-15-22(32)31-11-9-30(2)10-12-31)17-5-3-16(4-6-17)19-13-18(25)7-8-20(19)24(26,27)28/h3-8,13,21,29H,9-12,14-15H2,1-2H3/t21?,23-/m0/s1. The fourth-order valence-electron chi connectivity index (χ4n) is 4.39. The summed E-state index contributed by atoms with van der Waals surface area (Å²) in [7, 11) is 2.04. The zero-order valence-corrected chi connectivity index (χ0v) is 18.2. The van der Waals surface area contributed by atoms with Gasteiger partial charge in [0.1, 0.15) is 5.82 Å². The van der Waals surface area contributed by atoms with E-state index in [1.807, 2.05) is 11.9 Å². The molecule has 2 aromatic rings. The summed E-state index contributed by atoms with van der Waals surface area (Å²) >= 11 is 0. The van der Waals surface area contributed by atoms with Crippen molar-refractivity contribution in [3.8, 4) is 11.1 Å². The molecule has 1 amide bonds. The summed E-state index contributed by atoms with van der Waals surface area (Å²) in [5.41, 5.74) is 0.0921. The first-order valence-electron chi connectivity index (χ1n) is 10.8. The van der Waals surface area contributed by atoms with Crippen LogP contribution in [0, 0.1) is 5.82 Å². The van der Waals surface area contributed by atoms with Crippen LogP contribution in [-0.2, 0) is 16.4 Å². The number of nitrogens with one attached hydrogen (secondary N) is 1. The molecule has 4 nitrogen and oxygen atoms in total. The van der Waals surface area contributed by atoms with Crippen molar-refractivity contribution in [2.45, 2.75) is 31.0 Å². The van der Waals surface area contributed by atoms with Crippen LogP contribution < -0.4 is 5.32 Å². The SMILES string of the molecule is CN1CCN(C(=O)CNC2C[C@@]2(C)c2ccc(-c3cc(F)ccc3C(F)(F)F)cc2)CC1. The summed E-state index contributed by atoms with van der Waals surface area (Å²) in [4.78, 5) is 16.5. The Morgan fingerprint density at radius 1 is 1.09 bits per heavy atom. The average molecular weight is 449 g/mol. The molecular formula is C24H27F4N3O. The van der Waals surface area contributed by atoms with Crippen molar-refractivity contribution in [2.75, 3.05) is 39.8 Å². The predicted molar refractivity (Wildman–Crippen MR) is 115 cm³/mol. The largest absolute Gasteiger partial charge is 0.417 e. The third-order valence-corrected chi connectivity index (χ3v) is 6.74. The molecular weight excluding hydrogens is 422 g/mol. The van der Waals surface area contributed by atoms with Crippen LogP contribution in [0.3, 0.4) is 0 Å². The van der Waals surface area contributed by atoms with Crippen molar-refractivity contribution in [3.05, 3.63) is 59.4 Å². The molecule has 172 valence electrons. The average Bonchev–Trinajstić information content (AvgIpc) is 3.43. The van der Waals surface area contributed by atoms with Crippen LogP contribution >= 0.6 is 0 Å². The third kappa shape index (κ3) is 4.66. The Morgan fingerprint density at radius 2 is 1.75 bits per heavy atom. The van der Waals surface area contributed by atoms with Gasteiger partial charge < -0.3 is 15.1 Å². The summed E-state index contributed by atoms with van der Waals surface area (Å²) in [5, 5.41) is 3.33. The van der Waals surface area contributed by atoms with Crippen LogP contribution in [0.1, 0.15) is 24.5 Å². The number of carbonyl (C=O) groups excluding carboxylic acids is 1. The predicted octanol–water partition coefficient (Wildman–Crippen LogP) is 3.91.